The molecular formula is C19H27N5OS. The maximum absolute atomic E-state index is 12.9. The zero-order chi connectivity index (χ0) is 18.3. The molecule has 4 heterocycles. The summed E-state index contributed by atoms with van der Waals surface area (Å²) in [4.78, 5) is 28.7. The van der Waals surface area contributed by atoms with Crippen LogP contribution in [0.4, 0.5) is 5.82 Å². The lowest BCUT2D eigenvalue weighted by atomic mass is 9.94. The number of thiophene rings is 1. The van der Waals surface area contributed by atoms with Gasteiger partial charge in [-0.3, -0.25) is 4.79 Å². The van der Waals surface area contributed by atoms with E-state index in [4.69, 9.17) is 0 Å². The van der Waals surface area contributed by atoms with Crippen LogP contribution in [0.2, 0.25) is 0 Å². The number of nitrogens with zero attached hydrogens (tertiary/aromatic N) is 4. The van der Waals surface area contributed by atoms with Crippen LogP contribution in [0.3, 0.4) is 0 Å². The van der Waals surface area contributed by atoms with E-state index in [1.165, 1.54) is 15.8 Å². The Labute approximate surface area is 158 Å². The van der Waals surface area contributed by atoms with Gasteiger partial charge in [0.25, 0.3) is 0 Å². The van der Waals surface area contributed by atoms with Crippen LogP contribution < -0.4 is 10.2 Å². The van der Waals surface area contributed by atoms with Crippen molar-refractivity contribution >= 4 is 33.3 Å². The van der Waals surface area contributed by atoms with E-state index in [0.29, 0.717) is 11.9 Å². The Morgan fingerprint density at radius 1 is 1.23 bits per heavy atom. The van der Waals surface area contributed by atoms with Gasteiger partial charge in [-0.1, -0.05) is 0 Å². The second-order valence-electron chi connectivity index (χ2n) is 7.56. The molecule has 2 aromatic heterocycles. The van der Waals surface area contributed by atoms with Gasteiger partial charge >= 0.3 is 0 Å². The second kappa shape index (κ2) is 7.12. The third-order valence-corrected chi connectivity index (χ3v) is 6.88. The summed E-state index contributed by atoms with van der Waals surface area (Å²) in [6.45, 7) is 10.8. The first kappa shape index (κ1) is 17.7. The number of rotatable bonds is 2. The summed E-state index contributed by atoms with van der Waals surface area (Å²) < 4.78 is 0. The zero-order valence-corrected chi connectivity index (χ0v) is 16.6. The van der Waals surface area contributed by atoms with Crippen LogP contribution in [0.15, 0.2) is 6.33 Å². The Hall–Kier alpha value is -1.73. The molecule has 0 aliphatic carbocycles. The van der Waals surface area contributed by atoms with Gasteiger partial charge < -0.3 is 15.1 Å². The lowest BCUT2D eigenvalue weighted by molar-refractivity contribution is -0.137. The van der Waals surface area contributed by atoms with Gasteiger partial charge in [0, 0.05) is 49.6 Å². The molecule has 140 valence electrons. The summed E-state index contributed by atoms with van der Waals surface area (Å²) in [5.41, 5.74) is 1.29. The average molecular weight is 374 g/mol. The number of amides is 1. The fourth-order valence-corrected chi connectivity index (χ4v) is 5.12. The van der Waals surface area contributed by atoms with E-state index in [1.54, 1.807) is 17.7 Å². The van der Waals surface area contributed by atoms with Crippen molar-refractivity contribution in [3.63, 3.8) is 0 Å². The summed E-state index contributed by atoms with van der Waals surface area (Å²) in [5, 5.41) is 4.60. The van der Waals surface area contributed by atoms with Crippen LogP contribution in [0.5, 0.6) is 0 Å². The largest absolute Gasteiger partial charge is 0.356 e. The monoisotopic (exact) mass is 373 g/mol. The predicted molar refractivity (Wildman–Crippen MR) is 106 cm³/mol. The first-order chi connectivity index (χ1) is 12.5. The van der Waals surface area contributed by atoms with Gasteiger partial charge in [-0.15, -0.1) is 11.3 Å². The van der Waals surface area contributed by atoms with E-state index >= 15 is 0 Å². The van der Waals surface area contributed by atoms with Gasteiger partial charge in [0.05, 0.1) is 5.39 Å². The van der Waals surface area contributed by atoms with Crippen LogP contribution in [-0.2, 0) is 4.79 Å². The summed E-state index contributed by atoms with van der Waals surface area (Å²) in [6, 6.07) is 0.395. The molecule has 7 heteroatoms. The Balaban J connectivity index is 1.46. The van der Waals surface area contributed by atoms with Gasteiger partial charge in [-0.2, -0.15) is 0 Å². The Bertz CT molecular complexity index is 812. The minimum atomic E-state index is 0.152. The lowest BCUT2D eigenvalue weighted by Gasteiger charge is -2.37. The highest BCUT2D eigenvalue weighted by Crippen LogP contribution is 2.35. The first-order valence-corrected chi connectivity index (χ1v) is 10.3. The number of hydrogen-bond donors (Lipinski definition) is 1. The summed E-state index contributed by atoms with van der Waals surface area (Å²) in [6.07, 6.45) is 3.49. The molecule has 0 radical (unpaired) electrons. The van der Waals surface area contributed by atoms with Crippen molar-refractivity contribution in [1.82, 2.24) is 20.2 Å². The van der Waals surface area contributed by atoms with Crippen LogP contribution in [0.25, 0.3) is 10.2 Å². The number of carbonyl (C=O) groups is 1. The van der Waals surface area contributed by atoms with Gasteiger partial charge in [0.1, 0.15) is 17.0 Å². The Morgan fingerprint density at radius 3 is 2.73 bits per heavy atom. The number of aromatic nitrogens is 2. The summed E-state index contributed by atoms with van der Waals surface area (Å²) in [5.74, 6) is 1.53. The van der Waals surface area contributed by atoms with E-state index in [0.717, 1.165) is 56.2 Å². The minimum absolute atomic E-state index is 0.152. The molecule has 0 saturated carbocycles. The number of hydrogen-bond acceptors (Lipinski definition) is 6. The number of anilines is 1. The van der Waals surface area contributed by atoms with Crippen molar-refractivity contribution in [2.45, 2.75) is 39.7 Å². The van der Waals surface area contributed by atoms with Gasteiger partial charge in [0.2, 0.25) is 5.91 Å². The molecule has 2 aromatic rings. The number of nitrogens with one attached hydrogen (secondary N) is 1. The fraction of sp³-hybridized carbons (Fsp3) is 0.632. The molecule has 4 rings (SSSR count). The smallest absolute Gasteiger partial charge is 0.225 e. The molecule has 2 fully saturated rings. The molecule has 2 aliphatic heterocycles. The summed E-state index contributed by atoms with van der Waals surface area (Å²) >= 11 is 1.74. The molecular weight excluding hydrogens is 346 g/mol. The SMILES string of the molecule is Cc1sc2ncnc(N3CCC(C(=O)N4CCNC(C)C4)CC3)c2c1C. The molecule has 0 spiro atoms. The molecule has 1 amide bonds. The van der Waals surface area contributed by atoms with Crippen molar-refractivity contribution in [2.24, 2.45) is 5.92 Å². The van der Waals surface area contributed by atoms with Gasteiger partial charge in [-0.05, 0) is 39.2 Å². The molecule has 1 N–H and O–H groups in total. The molecule has 2 saturated heterocycles. The van der Waals surface area contributed by atoms with Gasteiger partial charge in [-0.25, -0.2) is 9.97 Å². The van der Waals surface area contributed by atoms with Crippen LogP contribution in [0, 0.1) is 19.8 Å². The van der Waals surface area contributed by atoms with E-state index < -0.39 is 0 Å². The van der Waals surface area contributed by atoms with E-state index in [2.05, 4.69) is 45.9 Å². The van der Waals surface area contributed by atoms with Crippen LogP contribution >= 0.6 is 11.3 Å². The molecule has 26 heavy (non-hydrogen) atoms. The van der Waals surface area contributed by atoms with Crippen molar-refractivity contribution in [3.8, 4) is 0 Å². The highest BCUT2D eigenvalue weighted by molar-refractivity contribution is 7.18. The summed E-state index contributed by atoms with van der Waals surface area (Å²) in [7, 11) is 0. The fourth-order valence-electron chi connectivity index (χ4n) is 4.13. The van der Waals surface area contributed by atoms with Crippen molar-refractivity contribution in [3.05, 3.63) is 16.8 Å². The standard InChI is InChI=1S/C19H27N5OS/c1-12-10-24(9-6-20-12)19(25)15-4-7-23(8-5-15)17-16-13(2)14(3)26-18(16)22-11-21-17/h11-12,15,20H,4-10H2,1-3H3. The predicted octanol–water partition coefficient (Wildman–Crippen LogP) is 2.34. The Morgan fingerprint density at radius 2 is 2.00 bits per heavy atom. The number of aryl methyl sites for hydroxylation is 2. The highest BCUT2D eigenvalue weighted by atomic mass is 32.1. The van der Waals surface area contributed by atoms with Crippen LogP contribution in [-0.4, -0.2) is 59.5 Å². The topological polar surface area (TPSA) is 61.4 Å². The first-order valence-electron chi connectivity index (χ1n) is 9.52. The van der Waals surface area contributed by atoms with Crippen LogP contribution in [0.1, 0.15) is 30.2 Å². The molecule has 0 aromatic carbocycles. The molecule has 0 bridgehead atoms. The number of piperazine rings is 1. The quantitative estimate of drug-likeness (QED) is 0.876. The second-order valence-corrected chi connectivity index (χ2v) is 8.76. The number of piperidine rings is 1. The normalized spacial score (nSPS) is 22.2. The van der Waals surface area contributed by atoms with E-state index in [9.17, 15) is 4.79 Å². The molecule has 1 atom stereocenters. The number of carbonyl (C=O) groups excluding carboxylic acids is 1. The third-order valence-electron chi connectivity index (χ3n) is 5.77. The highest BCUT2D eigenvalue weighted by Gasteiger charge is 2.31. The molecule has 1 unspecified atom stereocenters. The lowest BCUT2D eigenvalue weighted by Crippen LogP contribution is -2.53. The minimum Gasteiger partial charge on any atom is -0.356 e. The van der Waals surface area contributed by atoms with E-state index in [-0.39, 0.29) is 5.92 Å². The maximum atomic E-state index is 12.9. The third kappa shape index (κ3) is 3.18. The Kier molecular flexibility index (Phi) is 4.84. The average Bonchev–Trinajstić information content (AvgIpc) is 2.95. The van der Waals surface area contributed by atoms with Crippen molar-refractivity contribution in [1.29, 1.82) is 0 Å². The maximum Gasteiger partial charge on any atom is 0.225 e. The molecule has 2 aliphatic rings. The van der Waals surface area contributed by atoms with Crippen molar-refractivity contribution in [2.75, 3.05) is 37.6 Å². The van der Waals surface area contributed by atoms with E-state index in [1.807, 2.05) is 0 Å². The molecule has 6 nitrogen and oxygen atoms in total. The van der Waals surface area contributed by atoms with Crippen molar-refractivity contribution < 1.29 is 4.79 Å². The number of fused-ring (bicyclic) bond motifs is 1. The van der Waals surface area contributed by atoms with Gasteiger partial charge in [0.15, 0.2) is 0 Å². The zero-order valence-electron chi connectivity index (χ0n) is 15.8.